The maximum absolute atomic E-state index is 12.2. The summed E-state index contributed by atoms with van der Waals surface area (Å²) >= 11 is 4.43. The van der Waals surface area contributed by atoms with E-state index < -0.39 is 10.0 Å². The van der Waals surface area contributed by atoms with Crippen molar-refractivity contribution in [2.75, 3.05) is 10.5 Å². The third kappa shape index (κ3) is 3.07. The van der Waals surface area contributed by atoms with Crippen LogP contribution in [0.25, 0.3) is 0 Å². The minimum absolute atomic E-state index is 0.173. The quantitative estimate of drug-likeness (QED) is 0.823. The van der Waals surface area contributed by atoms with Crippen molar-refractivity contribution in [3.63, 3.8) is 0 Å². The molecule has 0 amide bonds. The zero-order valence-corrected chi connectivity index (χ0v) is 13.5. The van der Waals surface area contributed by atoms with Gasteiger partial charge in [-0.1, -0.05) is 15.9 Å². The molecule has 5 nitrogen and oxygen atoms in total. The van der Waals surface area contributed by atoms with Crippen LogP contribution in [0.3, 0.4) is 0 Å². The fourth-order valence-electron chi connectivity index (χ4n) is 1.56. The Morgan fingerprint density at radius 1 is 1.37 bits per heavy atom. The Morgan fingerprint density at radius 3 is 2.58 bits per heavy atom. The molecule has 0 aliphatic heterocycles. The molecule has 0 spiro atoms. The first-order valence-electron chi connectivity index (χ1n) is 5.30. The van der Waals surface area contributed by atoms with E-state index >= 15 is 0 Å². The molecule has 0 atom stereocenters. The summed E-state index contributed by atoms with van der Waals surface area (Å²) in [5.41, 5.74) is 7.36. The molecule has 102 valence electrons. The van der Waals surface area contributed by atoms with Crippen LogP contribution >= 0.6 is 27.3 Å². The normalized spacial score (nSPS) is 11.5. The first-order chi connectivity index (χ1) is 8.79. The fraction of sp³-hybridized carbons (Fsp3) is 0.182. The highest BCUT2D eigenvalue weighted by atomic mass is 79.9. The number of benzene rings is 1. The minimum Gasteiger partial charge on any atom is -0.397 e. The van der Waals surface area contributed by atoms with E-state index in [1.54, 1.807) is 26.0 Å². The molecule has 0 unspecified atom stereocenters. The van der Waals surface area contributed by atoms with E-state index in [2.05, 4.69) is 25.6 Å². The molecule has 8 heteroatoms. The topological polar surface area (TPSA) is 85.1 Å². The maximum Gasteiger partial charge on any atom is 0.273 e. The zero-order valence-electron chi connectivity index (χ0n) is 10.3. The molecular formula is C11H12BrN3O2S2. The molecule has 2 aromatic rings. The van der Waals surface area contributed by atoms with Crippen LogP contribution in [0.5, 0.6) is 0 Å². The highest BCUT2D eigenvalue weighted by Crippen LogP contribution is 2.30. The molecule has 1 aromatic heterocycles. The summed E-state index contributed by atoms with van der Waals surface area (Å²) in [6.07, 6.45) is 1.34. The second-order valence-corrected chi connectivity index (χ2v) is 8.05. The molecule has 19 heavy (non-hydrogen) atoms. The first kappa shape index (κ1) is 14.3. The Kier molecular flexibility index (Phi) is 3.84. The summed E-state index contributed by atoms with van der Waals surface area (Å²) in [7, 11) is -3.64. The van der Waals surface area contributed by atoms with Gasteiger partial charge in [0.15, 0.2) is 4.21 Å². The van der Waals surface area contributed by atoms with Crippen LogP contribution < -0.4 is 10.5 Å². The molecule has 0 fully saturated rings. The Morgan fingerprint density at radius 2 is 2.05 bits per heavy atom. The number of aryl methyl sites for hydroxylation is 2. The predicted molar refractivity (Wildman–Crippen MR) is 81.0 cm³/mol. The lowest BCUT2D eigenvalue weighted by atomic mass is 10.2. The van der Waals surface area contributed by atoms with Crippen molar-refractivity contribution in [1.82, 2.24) is 4.98 Å². The van der Waals surface area contributed by atoms with Gasteiger partial charge in [0.05, 0.1) is 22.6 Å². The summed E-state index contributed by atoms with van der Waals surface area (Å²) in [6, 6.07) is 3.45. The second kappa shape index (κ2) is 5.10. The fourth-order valence-corrected chi connectivity index (χ4v) is 4.42. The average molecular weight is 362 g/mol. The van der Waals surface area contributed by atoms with E-state index in [0.29, 0.717) is 16.4 Å². The summed E-state index contributed by atoms with van der Waals surface area (Å²) in [6.45, 7) is 3.54. The van der Waals surface area contributed by atoms with Crippen LogP contribution in [0.1, 0.15) is 10.6 Å². The van der Waals surface area contributed by atoms with Crippen LogP contribution in [0.2, 0.25) is 0 Å². The molecule has 0 radical (unpaired) electrons. The van der Waals surface area contributed by atoms with Crippen LogP contribution in [0.15, 0.2) is 27.0 Å². The zero-order chi connectivity index (χ0) is 14.2. The number of nitrogens with one attached hydrogen (secondary N) is 1. The number of hydrogen-bond acceptors (Lipinski definition) is 5. The largest absolute Gasteiger partial charge is 0.397 e. The molecule has 3 N–H and O–H groups in total. The van der Waals surface area contributed by atoms with Crippen molar-refractivity contribution in [1.29, 1.82) is 0 Å². The maximum atomic E-state index is 12.2. The average Bonchev–Trinajstić information content (AvgIpc) is 2.71. The highest BCUT2D eigenvalue weighted by Gasteiger charge is 2.19. The van der Waals surface area contributed by atoms with Gasteiger partial charge < -0.3 is 5.73 Å². The third-order valence-corrected chi connectivity index (χ3v) is 5.61. The lowest BCUT2D eigenvalue weighted by Crippen LogP contribution is -2.14. The second-order valence-electron chi connectivity index (χ2n) is 3.99. The lowest BCUT2D eigenvalue weighted by molar-refractivity contribution is 0.603. The van der Waals surface area contributed by atoms with E-state index in [0.717, 1.165) is 21.4 Å². The monoisotopic (exact) mass is 361 g/mol. The molecule has 0 saturated heterocycles. The van der Waals surface area contributed by atoms with Crippen LogP contribution in [0, 0.1) is 13.8 Å². The number of rotatable bonds is 3. The van der Waals surface area contributed by atoms with E-state index in [4.69, 9.17) is 5.73 Å². The Labute approximate surface area is 124 Å². The minimum atomic E-state index is -3.64. The van der Waals surface area contributed by atoms with Crippen molar-refractivity contribution in [3.05, 3.63) is 33.4 Å². The van der Waals surface area contributed by atoms with Gasteiger partial charge in [-0.05, 0) is 31.5 Å². The van der Waals surface area contributed by atoms with Gasteiger partial charge in [0.1, 0.15) is 0 Å². The van der Waals surface area contributed by atoms with Crippen molar-refractivity contribution < 1.29 is 8.42 Å². The standard InChI is InChI=1S/C11H12BrN3O2S2/c1-6-3-8(12)4-9(13)11(6)15-19(16,17)10-5-14-7(2)18-10/h3-5,15H,13H2,1-2H3. The van der Waals surface area contributed by atoms with E-state index in [1.165, 1.54) is 6.20 Å². The number of halogens is 1. The molecular weight excluding hydrogens is 350 g/mol. The van der Waals surface area contributed by atoms with Crippen LogP contribution in [-0.4, -0.2) is 13.4 Å². The lowest BCUT2D eigenvalue weighted by Gasteiger charge is -2.12. The summed E-state index contributed by atoms with van der Waals surface area (Å²) in [5.74, 6) is 0. The molecule has 2 rings (SSSR count). The SMILES string of the molecule is Cc1ncc(S(=O)(=O)Nc2c(C)cc(Br)cc2N)s1. The van der Waals surface area contributed by atoms with Crippen molar-refractivity contribution in [2.24, 2.45) is 0 Å². The van der Waals surface area contributed by atoms with E-state index in [9.17, 15) is 8.42 Å². The predicted octanol–water partition coefficient (Wildman–Crippen LogP) is 2.91. The smallest absolute Gasteiger partial charge is 0.273 e. The molecule has 0 aliphatic carbocycles. The summed E-state index contributed by atoms with van der Waals surface area (Å²) in [5, 5.41) is 0.695. The highest BCUT2D eigenvalue weighted by molar-refractivity contribution is 9.10. The number of hydrogen-bond donors (Lipinski definition) is 2. The number of thiazole rings is 1. The van der Waals surface area contributed by atoms with Gasteiger partial charge in [0.25, 0.3) is 10.0 Å². The van der Waals surface area contributed by atoms with Gasteiger partial charge in [-0.3, -0.25) is 4.72 Å². The summed E-state index contributed by atoms with van der Waals surface area (Å²) < 4.78 is 27.9. The van der Waals surface area contributed by atoms with Gasteiger partial charge in [-0.25, -0.2) is 13.4 Å². The van der Waals surface area contributed by atoms with Crippen molar-refractivity contribution in [3.8, 4) is 0 Å². The number of nitrogen functional groups attached to an aromatic ring is 1. The molecule has 0 bridgehead atoms. The Hall–Kier alpha value is -1.12. The number of sulfonamides is 1. The number of anilines is 2. The van der Waals surface area contributed by atoms with Crippen LogP contribution in [-0.2, 0) is 10.0 Å². The van der Waals surface area contributed by atoms with E-state index in [1.807, 2.05) is 0 Å². The molecule has 1 aromatic carbocycles. The molecule has 0 aliphatic rings. The molecule has 0 saturated carbocycles. The Balaban J connectivity index is 2.41. The molecule has 1 heterocycles. The van der Waals surface area contributed by atoms with Crippen LogP contribution in [0.4, 0.5) is 11.4 Å². The Bertz CT molecular complexity index is 702. The van der Waals surface area contributed by atoms with Gasteiger partial charge in [-0.2, -0.15) is 0 Å². The number of nitrogens with two attached hydrogens (primary N) is 1. The number of nitrogens with zero attached hydrogens (tertiary/aromatic N) is 1. The van der Waals surface area contributed by atoms with Gasteiger partial charge >= 0.3 is 0 Å². The first-order valence-corrected chi connectivity index (χ1v) is 8.40. The van der Waals surface area contributed by atoms with Crippen molar-refractivity contribution in [2.45, 2.75) is 18.1 Å². The van der Waals surface area contributed by atoms with Crippen molar-refractivity contribution >= 4 is 48.7 Å². The van der Waals surface area contributed by atoms with E-state index in [-0.39, 0.29) is 4.21 Å². The number of aromatic nitrogens is 1. The third-order valence-electron chi connectivity index (χ3n) is 2.43. The van der Waals surface area contributed by atoms with Gasteiger partial charge in [0, 0.05) is 4.47 Å². The van der Waals surface area contributed by atoms with Gasteiger partial charge in [0.2, 0.25) is 0 Å². The van der Waals surface area contributed by atoms with Gasteiger partial charge in [-0.15, -0.1) is 11.3 Å². The summed E-state index contributed by atoms with van der Waals surface area (Å²) in [4.78, 5) is 3.94.